The Morgan fingerprint density at radius 3 is 2.06 bits per heavy atom. The Labute approximate surface area is 109 Å². The lowest BCUT2D eigenvalue weighted by atomic mass is 9.68. The van der Waals surface area contributed by atoms with E-state index in [0.29, 0.717) is 5.41 Å². The summed E-state index contributed by atoms with van der Waals surface area (Å²) < 4.78 is 0. The van der Waals surface area contributed by atoms with Crippen LogP contribution in [0.5, 0.6) is 0 Å². The molecule has 0 aromatic rings. The first kappa shape index (κ1) is 15.0. The van der Waals surface area contributed by atoms with Crippen molar-refractivity contribution in [1.82, 2.24) is 5.32 Å². The fourth-order valence-corrected chi connectivity index (χ4v) is 3.24. The Kier molecular flexibility index (Phi) is 5.99. The van der Waals surface area contributed by atoms with Crippen LogP contribution in [0, 0.1) is 23.2 Å². The molecule has 0 radical (unpaired) electrons. The first-order chi connectivity index (χ1) is 7.91. The van der Waals surface area contributed by atoms with E-state index in [1.807, 2.05) is 0 Å². The maximum Gasteiger partial charge on any atom is -0.00127 e. The smallest absolute Gasteiger partial charge is 0.00127 e. The molecule has 1 unspecified atom stereocenters. The van der Waals surface area contributed by atoms with E-state index in [0.717, 1.165) is 17.8 Å². The molecular weight excluding hydrogens is 206 g/mol. The van der Waals surface area contributed by atoms with Crippen LogP contribution in [0.25, 0.3) is 0 Å². The highest BCUT2D eigenvalue weighted by molar-refractivity contribution is 4.84. The summed E-state index contributed by atoms with van der Waals surface area (Å²) in [6.45, 7) is 14.2. The lowest BCUT2D eigenvalue weighted by Gasteiger charge is -2.39. The quantitative estimate of drug-likeness (QED) is 0.746. The fraction of sp³-hybridized carbons (Fsp3) is 1.00. The number of nitrogens with one attached hydrogen (secondary N) is 1. The summed E-state index contributed by atoms with van der Waals surface area (Å²) in [6, 6.07) is 0. The summed E-state index contributed by atoms with van der Waals surface area (Å²) in [7, 11) is 0. The van der Waals surface area contributed by atoms with E-state index in [1.165, 1.54) is 45.2 Å². The van der Waals surface area contributed by atoms with Gasteiger partial charge in [-0.15, -0.1) is 0 Å². The van der Waals surface area contributed by atoms with Crippen LogP contribution in [0.1, 0.15) is 66.7 Å². The van der Waals surface area contributed by atoms with Gasteiger partial charge in [-0.3, -0.25) is 0 Å². The lowest BCUT2D eigenvalue weighted by molar-refractivity contribution is 0.121. The van der Waals surface area contributed by atoms with Crippen molar-refractivity contribution in [3.05, 3.63) is 0 Å². The van der Waals surface area contributed by atoms with Crippen LogP contribution < -0.4 is 5.32 Å². The van der Waals surface area contributed by atoms with Gasteiger partial charge in [0, 0.05) is 0 Å². The van der Waals surface area contributed by atoms with Crippen LogP contribution in [0.3, 0.4) is 0 Å². The molecule has 0 amide bonds. The molecule has 1 heteroatoms. The Bertz CT molecular complexity index is 196. The van der Waals surface area contributed by atoms with E-state index in [-0.39, 0.29) is 0 Å². The highest BCUT2D eigenvalue weighted by Crippen LogP contribution is 2.39. The molecule has 1 atom stereocenters. The van der Waals surface area contributed by atoms with Crippen molar-refractivity contribution >= 4 is 0 Å². The van der Waals surface area contributed by atoms with Crippen molar-refractivity contribution in [2.45, 2.75) is 66.7 Å². The van der Waals surface area contributed by atoms with Crippen molar-refractivity contribution < 1.29 is 0 Å². The van der Waals surface area contributed by atoms with Crippen molar-refractivity contribution in [3.63, 3.8) is 0 Å². The molecule has 1 aliphatic carbocycles. The van der Waals surface area contributed by atoms with E-state index < -0.39 is 0 Å². The Morgan fingerprint density at radius 1 is 1.00 bits per heavy atom. The van der Waals surface area contributed by atoms with E-state index in [4.69, 9.17) is 0 Å². The van der Waals surface area contributed by atoms with Gasteiger partial charge in [0.05, 0.1) is 0 Å². The molecule has 17 heavy (non-hydrogen) atoms. The van der Waals surface area contributed by atoms with E-state index in [1.54, 1.807) is 0 Å². The van der Waals surface area contributed by atoms with E-state index in [2.05, 4.69) is 39.9 Å². The Hall–Kier alpha value is -0.0400. The van der Waals surface area contributed by atoms with Crippen molar-refractivity contribution in [2.24, 2.45) is 23.2 Å². The zero-order chi connectivity index (χ0) is 12.9. The zero-order valence-corrected chi connectivity index (χ0v) is 12.7. The normalized spacial score (nSPS) is 20.8. The summed E-state index contributed by atoms with van der Waals surface area (Å²) in [5.41, 5.74) is 0.450. The predicted octanol–water partition coefficient (Wildman–Crippen LogP) is 4.47. The topological polar surface area (TPSA) is 12.0 Å². The van der Waals surface area contributed by atoms with Gasteiger partial charge in [-0.1, -0.05) is 66.7 Å². The molecule has 102 valence electrons. The van der Waals surface area contributed by atoms with Crippen LogP contribution in [0.2, 0.25) is 0 Å². The monoisotopic (exact) mass is 239 g/mol. The van der Waals surface area contributed by atoms with Crippen LogP contribution in [0.15, 0.2) is 0 Å². The number of rotatable bonds is 5. The Morgan fingerprint density at radius 2 is 1.59 bits per heavy atom. The average molecular weight is 239 g/mol. The molecule has 1 fully saturated rings. The molecule has 1 nitrogen and oxygen atoms in total. The number of hydrogen-bond donors (Lipinski definition) is 1. The van der Waals surface area contributed by atoms with Gasteiger partial charge in [0.25, 0.3) is 0 Å². The third kappa shape index (κ3) is 5.42. The van der Waals surface area contributed by atoms with Gasteiger partial charge in [0.15, 0.2) is 0 Å². The highest BCUT2D eigenvalue weighted by atomic mass is 14.9. The maximum absolute atomic E-state index is 3.69. The predicted molar refractivity (Wildman–Crippen MR) is 77.2 cm³/mol. The lowest BCUT2D eigenvalue weighted by Crippen LogP contribution is -2.39. The fourth-order valence-electron chi connectivity index (χ4n) is 3.24. The third-order valence-corrected chi connectivity index (χ3v) is 4.25. The molecule has 0 aromatic carbocycles. The molecule has 0 spiro atoms. The first-order valence-corrected chi connectivity index (χ1v) is 7.62. The second-order valence-electron chi connectivity index (χ2n) is 7.42. The van der Waals surface area contributed by atoms with Crippen molar-refractivity contribution in [2.75, 3.05) is 13.1 Å². The van der Waals surface area contributed by atoms with Crippen LogP contribution in [-0.2, 0) is 0 Å². The minimum Gasteiger partial charge on any atom is -0.316 e. The van der Waals surface area contributed by atoms with E-state index >= 15 is 0 Å². The molecule has 0 aromatic heterocycles. The zero-order valence-electron chi connectivity index (χ0n) is 12.7. The molecule has 0 saturated heterocycles. The second kappa shape index (κ2) is 6.78. The maximum atomic E-state index is 3.69. The van der Waals surface area contributed by atoms with Gasteiger partial charge in [-0.25, -0.2) is 0 Å². The molecule has 1 N–H and O–H groups in total. The third-order valence-electron chi connectivity index (χ3n) is 4.25. The average Bonchev–Trinajstić information content (AvgIpc) is 2.23. The largest absolute Gasteiger partial charge is 0.316 e. The minimum absolute atomic E-state index is 0.450. The number of hydrogen-bond acceptors (Lipinski definition) is 1. The molecule has 0 bridgehead atoms. The summed E-state index contributed by atoms with van der Waals surface area (Å²) in [5.74, 6) is 2.58. The van der Waals surface area contributed by atoms with Gasteiger partial charge in [0.1, 0.15) is 0 Å². The molecule has 0 heterocycles. The highest BCUT2D eigenvalue weighted by Gasteiger charge is 2.32. The molecule has 1 aliphatic rings. The van der Waals surface area contributed by atoms with Gasteiger partial charge < -0.3 is 5.32 Å². The summed E-state index contributed by atoms with van der Waals surface area (Å²) in [5, 5.41) is 3.69. The molecular formula is C16H33N. The SMILES string of the molecule is CC(C)CNCC(C1CCCCC1)C(C)(C)C. The van der Waals surface area contributed by atoms with Gasteiger partial charge in [-0.05, 0) is 36.3 Å². The molecule has 0 aliphatic heterocycles. The van der Waals surface area contributed by atoms with Crippen molar-refractivity contribution in [3.8, 4) is 0 Å². The Balaban J connectivity index is 2.48. The summed E-state index contributed by atoms with van der Waals surface area (Å²) >= 11 is 0. The minimum atomic E-state index is 0.450. The first-order valence-electron chi connectivity index (χ1n) is 7.62. The van der Waals surface area contributed by atoms with Crippen LogP contribution in [-0.4, -0.2) is 13.1 Å². The van der Waals surface area contributed by atoms with E-state index in [9.17, 15) is 0 Å². The summed E-state index contributed by atoms with van der Waals surface area (Å²) in [4.78, 5) is 0. The second-order valence-corrected chi connectivity index (χ2v) is 7.42. The van der Waals surface area contributed by atoms with Gasteiger partial charge >= 0.3 is 0 Å². The van der Waals surface area contributed by atoms with Crippen LogP contribution in [0.4, 0.5) is 0 Å². The van der Waals surface area contributed by atoms with Crippen molar-refractivity contribution in [1.29, 1.82) is 0 Å². The standard InChI is InChI=1S/C16H33N/c1-13(2)11-17-12-15(16(3,4)5)14-9-7-6-8-10-14/h13-15,17H,6-12H2,1-5H3. The van der Waals surface area contributed by atoms with Gasteiger partial charge in [-0.2, -0.15) is 0 Å². The molecule has 1 rings (SSSR count). The van der Waals surface area contributed by atoms with Crippen LogP contribution >= 0.6 is 0 Å². The van der Waals surface area contributed by atoms with Gasteiger partial charge in [0.2, 0.25) is 0 Å². The molecule has 1 saturated carbocycles. The summed E-state index contributed by atoms with van der Waals surface area (Å²) in [6.07, 6.45) is 7.31.